The molecule has 1 atom stereocenters. The van der Waals surface area contributed by atoms with Crippen LogP contribution < -0.4 is 4.74 Å². The van der Waals surface area contributed by atoms with Crippen LogP contribution in [-0.4, -0.2) is 81.4 Å². The number of nitrogens with zero attached hydrogens (tertiary/aromatic N) is 3. The molecule has 35 heavy (non-hydrogen) atoms. The number of piperazine rings is 1. The molecule has 2 aromatic carbocycles. The Morgan fingerprint density at radius 1 is 1.03 bits per heavy atom. The molecular formula is C25H31BrClN3O4S. The predicted octanol–water partition coefficient (Wildman–Crippen LogP) is 4.12. The highest BCUT2D eigenvalue weighted by Crippen LogP contribution is 2.37. The summed E-state index contributed by atoms with van der Waals surface area (Å²) in [5, 5.41) is 0.613. The Labute approximate surface area is 221 Å². The Bertz CT molecular complexity index is 1120. The number of halogens is 2. The van der Waals surface area contributed by atoms with Crippen molar-refractivity contribution in [3.05, 3.63) is 58.0 Å². The third-order valence-electron chi connectivity index (χ3n) is 6.82. The molecule has 1 amide bonds. The van der Waals surface area contributed by atoms with Crippen molar-refractivity contribution in [3.8, 4) is 5.75 Å². The van der Waals surface area contributed by atoms with Gasteiger partial charge in [-0.3, -0.25) is 4.79 Å². The summed E-state index contributed by atoms with van der Waals surface area (Å²) >= 11 is 9.37. The fourth-order valence-electron chi connectivity index (χ4n) is 4.69. The van der Waals surface area contributed by atoms with Crippen LogP contribution in [0.25, 0.3) is 0 Å². The van der Waals surface area contributed by atoms with Gasteiger partial charge < -0.3 is 14.5 Å². The first-order chi connectivity index (χ1) is 16.7. The fourth-order valence-corrected chi connectivity index (χ4v) is 6.67. The second kappa shape index (κ2) is 11.2. The number of benzene rings is 2. The topological polar surface area (TPSA) is 70.2 Å². The largest absolute Gasteiger partial charge is 0.493 e. The number of piperidine rings is 1. The normalized spacial score (nSPS) is 22.2. The number of hydrogen-bond acceptors (Lipinski definition) is 5. The van der Waals surface area contributed by atoms with Crippen LogP contribution in [0.15, 0.2) is 57.9 Å². The maximum Gasteiger partial charge on any atom is 0.243 e. The van der Waals surface area contributed by atoms with Gasteiger partial charge in [-0.2, -0.15) is 4.31 Å². The lowest BCUT2D eigenvalue weighted by atomic mass is 9.78. The lowest BCUT2D eigenvalue weighted by Gasteiger charge is -2.43. The van der Waals surface area contributed by atoms with E-state index in [9.17, 15) is 13.2 Å². The molecule has 0 aromatic heterocycles. The molecule has 2 fully saturated rings. The van der Waals surface area contributed by atoms with E-state index >= 15 is 0 Å². The molecule has 2 aliphatic heterocycles. The summed E-state index contributed by atoms with van der Waals surface area (Å²) in [6, 6.07) is 13.8. The molecule has 0 bridgehead atoms. The maximum atomic E-state index is 13.5. The average Bonchev–Trinajstić information content (AvgIpc) is 2.84. The molecule has 0 saturated carbocycles. The van der Waals surface area contributed by atoms with E-state index in [1.54, 1.807) is 48.5 Å². The quantitative estimate of drug-likeness (QED) is 0.490. The number of carbonyl (C=O) groups is 1. The standard InChI is InChI=1S/C25H31BrClN3O4S/c1-28-13-15-29(16-14-28)24(31)17-25(19-34-22-7-5-21(27)6-8-22)11-2-12-30(18-25)35(32,33)23-9-3-20(26)4-10-23/h3-10H,2,11-19H2,1H3/t25-/m1/s1. The Morgan fingerprint density at radius 3 is 2.34 bits per heavy atom. The lowest BCUT2D eigenvalue weighted by Crippen LogP contribution is -2.53. The van der Waals surface area contributed by atoms with Gasteiger partial charge in [0, 0.05) is 60.6 Å². The van der Waals surface area contributed by atoms with Gasteiger partial charge in [0.05, 0.1) is 11.5 Å². The van der Waals surface area contributed by atoms with E-state index in [0.29, 0.717) is 43.2 Å². The molecule has 2 heterocycles. The highest BCUT2D eigenvalue weighted by Gasteiger charge is 2.43. The number of sulfonamides is 1. The molecule has 2 saturated heterocycles. The highest BCUT2D eigenvalue weighted by molar-refractivity contribution is 9.10. The second-order valence-electron chi connectivity index (χ2n) is 9.50. The summed E-state index contributed by atoms with van der Waals surface area (Å²) in [5.74, 6) is 0.703. The van der Waals surface area contributed by atoms with Crippen molar-refractivity contribution >= 4 is 43.5 Å². The molecule has 0 aliphatic carbocycles. The third-order valence-corrected chi connectivity index (χ3v) is 9.46. The van der Waals surface area contributed by atoms with Gasteiger partial charge in [-0.05, 0) is 68.4 Å². The highest BCUT2D eigenvalue weighted by atomic mass is 79.9. The fraction of sp³-hybridized carbons (Fsp3) is 0.480. The van der Waals surface area contributed by atoms with Crippen LogP contribution in [0.4, 0.5) is 0 Å². The summed E-state index contributed by atoms with van der Waals surface area (Å²) in [6.45, 7) is 3.95. The van der Waals surface area contributed by atoms with Crippen LogP contribution in [0.5, 0.6) is 5.75 Å². The molecule has 7 nitrogen and oxygen atoms in total. The van der Waals surface area contributed by atoms with E-state index in [-0.39, 0.29) is 30.4 Å². The van der Waals surface area contributed by atoms with Crippen LogP contribution in [-0.2, 0) is 14.8 Å². The van der Waals surface area contributed by atoms with Crippen LogP contribution in [0.2, 0.25) is 5.02 Å². The van der Waals surface area contributed by atoms with E-state index in [2.05, 4.69) is 27.9 Å². The smallest absolute Gasteiger partial charge is 0.243 e. The summed E-state index contributed by atoms with van der Waals surface area (Å²) in [5.41, 5.74) is -0.624. The molecule has 0 spiro atoms. The maximum absolute atomic E-state index is 13.5. The van der Waals surface area contributed by atoms with Crippen LogP contribution in [0.3, 0.4) is 0 Å². The number of hydrogen-bond donors (Lipinski definition) is 0. The third kappa shape index (κ3) is 6.57. The van der Waals surface area contributed by atoms with Gasteiger partial charge in [0.15, 0.2) is 0 Å². The Balaban J connectivity index is 1.56. The van der Waals surface area contributed by atoms with Gasteiger partial charge in [0.25, 0.3) is 0 Å². The molecule has 0 unspecified atom stereocenters. The van der Waals surface area contributed by atoms with Crippen molar-refractivity contribution < 1.29 is 17.9 Å². The Hall–Kier alpha value is -1.65. The van der Waals surface area contributed by atoms with Crippen molar-refractivity contribution in [2.45, 2.75) is 24.2 Å². The first-order valence-electron chi connectivity index (χ1n) is 11.8. The number of amides is 1. The van der Waals surface area contributed by atoms with Crippen molar-refractivity contribution in [3.63, 3.8) is 0 Å². The summed E-state index contributed by atoms with van der Waals surface area (Å²) in [6.07, 6.45) is 1.62. The summed E-state index contributed by atoms with van der Waals surface area (Å²) in [4.78, 5) is 17.7. The van der Waals surface area contributed by atoms with Gasteiger partial charge in [-0.15, -0.1) is 0 Å². The van der Waals surface area contributed by atoms with E-state index in [0.717, 1.165) is 17.6 Å². The Kier molecular flexibility index (Phi) is 8.43. The number of carbonyl (C=O) groups excluding carboxylic acids is 1. The van der Waals surface area contributed by atoms with Crippen molar-refractivity contribution in [2.75, 3.05) is 52.9 Å². The molecule has 4 rings (SSSR count). The van der Waals surface area contributed by atoms with Gasteiger partial charge >= 0.3 is 0 Å². The van der Waals surface area contributed by atoms with Gasteiger partial charge in [0.1, 0.15) is 5.75 Å². The molecule has 10 heteroatoms. The number of ether oxygens (including phenoxy) is 1. The van der Waals surface area contributed by atoms with Crippen LogP contribution in [0.1, 0.15) is 19.3 Å². The van der Waals surface area contributed by atoms with Gasteiger partial charge in [0.2, 0.25) is 15.9 Å². The molecule has 2 aliphatic rings. The zero-order chi connectivity index (χ0) is 25.1. The lowest BCUT2D eigenvalue weighted by molar-refractivity contribution is -0.136. The van der Waals surface area contributed by atoms with Crippen LogP contribution in [0, 0.1) is 5.41 Å². The first-order valence-corrected chi connectivity index (χ1v) is 14.4. The molecule has 0 radical (unpaired) electrons. The van der Waals surface area contributed by atoms with Crippen LogP contribution >= 0.6 is 27.5 Å². The SMILES string of the molecule is CN1CCN(C(=O)C[C@]2(COc3ccc(Cl)cc3)CCCN(S(=O)(=O)c3ccc(Br)cc3)C2)CC1. The Morgan fingerprint density at radius 2 is 1.69 bits per heavy atom. The van der Waals surface area contributed by atoms with Gasteiger partial charge in [-0.25, -0.2) is 8.42 Å². The second-order valence-corrected chi connectivity index (χ2v) is 12.8. The number of rotatable bonds is 7. The summed E-state index contributed by atoms with van der Waals surface area (Å²) in [7, 11) is -1.65. The minimum atomic E-state index is -3.70. The molecular weight excluding hydrogens is 554 g/mol. The average molecular weight is 585 g/mol. The number of likely N-dealkylation sites (N-methyl/N-ethyl adjacent to an activating group) is 1. The summed E-state index contributed by atoms with van der Waals surface area (Å²) < 4.78 is 35.4. The zero-order valence-electron chi connectivity index (χ0n) is 19.8. The van der Waals surface area contributed by atoms with E-state index in [4.69, 9.17) is 16.3 Å². The van der Waals surface area contributed by atoms with Crippen molar-refractivity contribution in [1.29, 1.82) is 0 Å². The van der Waals surface area contributed by atoms with Crippen molar-refractivity contribution in [2.24, 2.45) is 5.41 Å². The minimum Gasteiger partial charge on any atom is -0.493 e. The van der Waals surface area contributed by atoms with E-state index in [1.165, 1.54) is 4.31 Å². The zero-order valence-corrected chi connectivity index (χ0v) is 23.0. The van der Waals surface area contributed by atoms with Crippen molar-refractivity contribution in [1.82, 2.24) is 14.1 Å². The molecule has 190 valence electrons. The van der Waals surface area contributed by atoms with E-state index in [1.807, 2.05) is 4.90 Å². The first kappa shape index (κ1) is 26.4. The molecule has 2 aromatic rings. The van der Waals surface area contributed by atoms with Gasteiger partial charge in [-0.1, -0.05) is 27.5 Å². The van der Waals surface area contributed by atoms with E-state index < -0.39 is 15.4 Å². The molecule has 0 N–H and O–H groups in total. The monoisotopic (exact) mass is 583 g/mol. The predicted molar refractivity (Wildman–Crippen MR) is 140 cm³/mol. The minimum absolute atomic E-state index is 0.0562.